The molecule has 0 atom stereocenters. The number of nitrogens with one attached hydrogen (secondary N) is 3. The molecule has 0 fully saturated rings. The number of fused-ring (bicyclic) bond motifs is 1. The number of amides is 3. The Kier molecular flexibility index (Phi) is 6.84. The van der Waals surface area contributed by atoms with E-state index >= 15 is 0 Å². The molecule has 10 heteroatoms. The Morgan fingerprint density at radius 2 is 1.69 bits per heavy atom. The van der Waals surface area contributed by atoms with Gasteiger partial charge in [-0.15, -0.1) is 0 Å². The zero-order valence-corrected chi connectivity index (χ0v) is 22.1. The summed E-state index contributed by atoms with van der Waals surface area (Å²) < 4.78 is 6.03. The summed E-state index contributed by atoms with van der Waals surface area (Å²) in [7, 11) is 1.75. The molecular weight excluding hydrogens is 494 g/mol. The van der Waals surface area contributed by atoms with Gasteiger partial charge in [0.05, 0.1) is 11.3 Å². The van der Waals surface area contributed by atoms with Gasteiger partial charge in [0.2, 0.25) is 17.7 Å². The molecule has 1 aliphatic rings. The highest BCUT2D eigenvalue weighted by Crippen LogP contribution is 2.41. The highest BCUT2D eigenvalue weighted by molar-refractivity contribution is 6.01. The number of carbonyl (C=O) groups excluding carboxylic acids is 2. The molecule has 39 heavy (non-hydrogen) atoms. The summed E-state index contributed by atoms with van der Waals surface area (Å²) in [6.45, 7) is 6.37. The molecule has 2 aromatic heterocycles. The van der Waals surface area contributed by atoms with Gasteiger partial charge in [-0.25, -0.2) is 19.7 Å². The molecule has 10 nitrogen and oxygen atoms in total. The SMILES string of the molecule is CNc1nccc(-c2cccnc2Oc2ccc(NC(=O)Nc3ccc4c(c3)N(C(C)=O)CC4(C)C)cc2)n1. The predicted octanol–water partition coefficient (Wildman–Crippen LogP) is 5.66. The van der Waals surface area contributed by atoms with Gasteiger partial charge in [0.15, 0.2) is 0 Å². The number of carbonyl (C=O) groups is 2. The lowest BCUT2D eigenvalue weighted by molar-refractivity contribution is -0.116. The van der Waals surface area contributed by atoms with Crippen LogP contribution in [0.15, 0.2) is 73.1 Å². The quantitative estimate of drug-likeness (QED) is 0.298. The number of ether oxygens (including phenoxy) is 1. The van der Waals surface area contributed by atoms with Crippen molar-refractivity contribution in [1.29, 1.82) is 0 Å². The first kappa shape index (κ1) is 25.7. The molecule has 1 aliphatic heterocycles. The molecule has 198 valence electrons. The summed E-state index contributed by atoms with van der Waals surface area (Å²) in [5, 5.41) is 8.60. The van der Waals surface area contributed by atoms with E-state index in [0.717, 1.165) is 16.8 Å². The highest BCUT2D eigenvalue weighted by atomic mass is 16.5. The third-order valence-corrected chi connectivity index (χ3v) is 6.46. The molecule has 2 aromatic carbocycles. The van der Waals surface area contributed by atoms with Crippen molar-refractivity contribution in [3.8, 4) is 22.9 Å². The molecule has 0 saturated heterocycles. The van der Waals surface area contributed by atoms with E-state index in [-0.39, 0.29) is 11.3 Å². The third kappa shape index (κ3) is 5.49. The van der Waals surface area contributed by atoms with Gasteiger partial charge < -0.3 is 25.6 Å². The third-order valence-electron chi connectivity index (χ3n) is 6.46. The monoisotopic (exact) mass is 523 g/mol. The van der Waals surface area contributed by atoms with E-state index in [4.69, 9.17) is 4.74 Å². The Morgan fingerprint density at radius 1 is 0.949 bits per heavy atom. The van der Waals surface area contributed by atoms with Gasteiger partial charge >= 0.3 is 6.03 Å². The van der Waals surface area contributed by atoms with Crippen LogP contribution >= 0.6 is 0 Å². The lowest BCUT2D eigenvalue weighted by Crippen LogP contribution is -2.32. The zero-order chi connectivity index (χ0) is 27.6. The van der Waals surface area contributed by atoms with E-state index in [2.05, 4.69) is 44.7 Å². The molecule has 0 saturated carbocycles. The molecule has 0 radical (unpaired) electrons. The Balaban J connectivity index is 1.25. The van der Waals surface area contributed by atoms with Crippen molar-refractivity contribution in [3.05, 3.63) is 78.6 Å². The van der Waals surface area contributed by atoms with Crippen LogP contribution in [-0.4, -0.2) is 40.5 Å². The lowest BCUT2D eigenvalue weighted by Gasteiger charge is -2.19. The van der Waals surface area contributed by atoms with Crippen molar-refractivity contribution in [2.24, 2.45) is 0 Å². The number of rotatable bonds is 6. The minimum absolute atomic E-state index is 0.0247. The molecule has 0 spiro atoms. The summed E-state index contributed by atoms with van der Waals surface area (Å²) in [6.07, 6.45) is 3.31. The van der Waals surface area contributed by atoms with Crippen molar-refractivity contribution in [1.82, 2.24) is 15.0 Å². The average Bonchev–Trinajstić information content (AvgIpc) is 3.20. The van der Waals surface area contributed by atoms with E-state index in [1.165, 1.54) is 0 Å². The fraction of sp³-hybridized carbons (Fsp3) is 0.207. The smallest absolute Gasteiger partial charge is 0.323 e. The second kappa shape index (κ2) is 10.4. The van der Waals surface area contributed by atoms with E-state index in [1.54, 1.807) is 61.6 Å². The highest BCUT2D eigenvalue weighted by Gasteiger charge is 2.36. The molecule has 3 heterocycles. The summed E-state index contributed by atoms with van der Waals surface area (Å²) in [6, 6.07) is 17.7. The van der Waals surface area contributed by atoms with Crippen LogP contribution in [0.4, 0.5) is 27.8 Å². The second-order valence-corrected chi connectivity index (χ2v) is 9.80. The van der Waals surface area contributed by atoms with Gasteiger partial charge in [-0.2, -0.15) is 0 Å². The van der Waals surface area contributed by atoms with Crippen LogP contribution in [0.5, 0.6) is 11.6 Å². The van der Waals surface area contributed by atoms with Crippen LogP contribution in [0.25, 0.3) is 11.3 Å². The second-order valence-electron chi connectivity index (χ2n) is 9.80. The normalized spacial score (nSPS) is 13.4. The lowest BCUT2D eigenvalue weighted by atomic mass is 9.87. The van der Waals surface area contributed by atoms with Crippen LogP contribution in [0.2, 0.25) is 0 Å². The Labute approximate surface area is 226 Å². The summed E-state index contributed by atoms with van der Waals surface area (Å²) in [5.74, 6) is 1.42. The number of aromatic nitrogens is 3. The molecular formula is C29H29N7O3. The standard InChI is InChI=1S/C29H29N7O3/c1-18(37)36-17-29(2,3)23-12-9-20(16-25(23)36)34-28(38)33-19-7-10-21(11-8-19)39-26-22(6-5-14-31-26)24-13-15-32-27(30-4)35-24/h5-16H,17H2,1-4H3,(H,30,32,35)(H2,33,34,38). The first-order chi connectivity index (χ1) is 18.7. The number of benzene rings is 2. The van der Waals surface area contributed by atoms with Gasteiger partial charge in [-0.3, -0.25) is 4.79 Å². The maximum atomic E-state index is 12.7. The molecule has 0 bridgehead atoms. The predicted molar refractivity (Wildman–Crippen MR) is 151 cm³/mol. The van der Waals surface area contributed by atoms with Gasteiger partial charge in [-0.1, -0.05) is 19.9 Å². The van der Waals surface area contributed by atoms with Crippen molar-refractivity contribution in [3.63, 3.8) is 0 Å². The molecule has 0 aliphatic carbocycles. The molecule has 0 unspecified atom stereocenters. The van der Waals surface area contributed by atoms with Crippen LogP contribution in [0.1, 0.15) is 26.3 Å². The maximum absolute atomic E-state index is 12.7. The van der Waals surface area contributed by atoms with E-state index in [9.17, 15) is 9.59 Å². The number of anilines is 4. The minimum atomic E-state index is -0.397. The summed E-state index contributed by atoms with van der Waals surface area (Å²) in [4.78, 5) is 39.6. The molecule has 5 rings (SSSR count). The average molecular weight is 524 g/mol. The van der Waals surface area contributed by atoms with Gasteiger partial charge in [-0.05, 0) is 60.2 Å². The number of urea groups is 1. The fourth-order valence-corrected chi connectivity index (χ4v) is 4.56. The van der Waals surface area contributed by atoms with Crippen molar-refractivity contribution >= 4 is 34.9 Å². The van der Waals surface area contributed by atoms with Gasteiger partial charge in [0.25, 0.3) is 0 Å². The van der Waals surface area contributed by atoms with E-state index in [0.29, 0.717) is 41.2 Å². The van der Waals surface area contributed by atoms with E-state index in [1.807, 2.05) is 30.3 Å². The van der Waals surface area contributed by atoms with Crippen molar-refractivity contribution in [2.45, 2.75) is 26.2 Å². The number of nitrogens with zero attached hydrogens (tertiary/aromatic N) is 4. The molecule has 3 N–H and O–H groups in total. The molecule has 3 amide bonds. The number of hydrogen-bond donors (Lipinski definition) is 3. The first-order valence-corrected chi connectivity index (χ1v) is 12.5. The summed E-state index contributed by atoms with van der Waals surface area (Å²) >= 11 is 0. The Morgan fingerprint density at radius 3 is 2.44 bits per heavy atom. The number of pyridine rings is 1. The largest absolute Gasteiger partial charge is 0.438 e. The van der Waals surface area contributed by atoms with Crippen molar-refractivity contribution < 1.29 is 14.3 Å². The van der Waals surface area contributed by atoms with Gasteiger partial charge in [0.1, 0.15) is 5.75 Å². The fourth-order valence-electron chi connectivity index (χ4n) is 4.56. The van der Waals surface area contributed by atoms with Crippen LogP contribution in [-0.2, 0) is 10.2 Å². The topological polar surface area (TPSA) is 121 Å². The Hall–Kier alpha value is -4.99. The van der Waals surface area contributed by atoms with Crippen LogP contribution in [0.3, 0.4) is 0 Å². The van der Waals surface area contributed by atoms with Crippen LogP contribution < -0.4 is 25.6 Å². The zero-order valence-electron chi connectivity index (χ0n) is 22.1. The summed E-state index contributed by atoms with van der Waals surface area (Å²) in [5.41, 5.74) is 4.34. The van der Waals surface area contributed by atoms with E-state index < -0.39 is 6.03 Å². The molecule has 4 aromatic rings. The number of hydrogen-bond acceptors (Lipinski definition) is 7. The van der Waals surface area contributed by atoms with Crippen molar-refractivity contribution in [2.75, 3.05) is 34.4 Å². The first-order valence-electron chi connectivity index (χ1n) is 12.5. The Bertz CT molecular complexity index is 1540. The minimum Gasteiger partial charge on any atom is -0.438 e. The maximum Gasteiger partial charge on any atom is 0.323 e. The van der Waals surface area contributed by atoms with Gasteiger partial charge in [0, 0.05) is 55.4 Å². The van der Waals surface area contributed by atoms with Crippen LogP contribution in [0, 0.1) is 0 Å².